The average molecular weight is 171 g/mol. The number of hydrogen-bond donors (Lipinski definition) is 0. The Balaban J connectivity index is 2.53. The molecule has 0 spiro atoms. The highest BCUT2D eigenvalue weighted by atomic mass is 16.1. The summed E-state index contributed by atoms with van der Waals surface area (Å²) in [6, 6.07) is 5.33. The third-order valence-electron chi connectivity index (χ3n) is 2.37. The largest absolute Gasteiger partial charge is 0.294 e. The first-order valence-electron chi connectivity index (χ1n) is 4.35. The number of ketones is 1. The van der Waals surface area contributed by atoms with Crippen molar-refractivity contribution in [1.29, 1.82) is 0 Å². The molecular weight excluding hydrogens is 162 g/mol. The molecule has 13 heavy (non-hydrogen) atoms. The molecule has 1 aromatic carbocycles. The molecule has 0 atom stereocenters. The Bertz CT molecular complexity index is 401. The van der Waals surface area contributed by atoms with Crippen molar-refractivity contribution in [3.8, 4) is 0 Å². The monoisotopic (exact) mass is 171 g/mol. The smallest absolute Gasteiger partial charge is 0.187 e. The van der Waals surface area contributed by atoms with Gasteiger partial charge in [-0.05, 0) is 18.4 Å². The van der Waals surface area contributed by atoms with Gasteiger partial charge < -0.3 is 0 Å². The van der Waals surface area contributed by atoms with Gasteiger partial charge in [-0.3, -0.25) is 4.79 Å². The molecule has 1 aliphatic carbocycles. The predicted molar refractivity (Wildman–Crippen MR) is 50.0 cm³/mol. The summed E-state index contributed by atoms with van der Waals surface area (Å²) in [5.74, 6) is 0.220. The number of fused-ring (bicyclic) bond motifs is 1. The minimum absolute atomic E-state index is 0.220. The van der Waals surface area contributed by atoms with Crippen LogP contribution in [0.3, 0.4) is 0 Å². The molecule has 0 amide bonds. The number of Topliss-reactive ketones (excluding diaryl/α,β-unsaturated/α-hetero) is 1. The summed E-state index contributed by atoms with van der Waals surface area (Å²) in [6.07, 6.45) is 2.52. The summed E-state index contributed by atoms with van der Waals surface area (Å²) < 4.78 is 0. The fourth-order valence-corrected chi connectivity index (χ4v) is 1.70. The molecule has 0 heterocycles. The summed E-state index contributed by atoms with van der Waals surface area (Å²) in [5, 5.41) is 0. The average Bonchev–Trinajstić information content (AvgIpc) is 2.18. The SMILES string of the molecule is [C-]#[N+]c1ccc2c(c1)CCCC2=O. The van der Waals surface area contributed by atoms with Gasteiger partial charge in [-0.15, -0.1) is 0 Å². The summed E-state index contributed by atoms with van der Waals surface area (Å²) in [5.41, 5.74) is 2.50. The van der Waals surface area contributed by atoms with E-state index in [1.165, 1.54) is 0 Å². The van der Waals surface area contributed by atoms with Gasteiger partial charge in [-0.1, -0.05) is 18.2 Å². The van der Waals surface area contributed by atoms with Crippen LogP contribution in [-0.2, 0) is 6.42 Å². The Kier molecular flexibility index (Phi) is 1.86. The normalized spacial score (nSPS) is 14.8. The zero-order valence-electron chi connectivity index (χ0n) is 7.21. The number of hydrogen-bond acceptors (Lipinski definition) is 1. The van der Waals surface area contributed by atoms with Gasteiger partial charge in [0.2, 0.25) is 0 Å². The maximum Gasteiger partial charge on any atom is 0.187 e. The van der Waals surface area contributed by atoms with E-state index in [2.05, 4.69) is 4.85 Å². The lowest BCUT2D eigenvalue weighted by Crippen LogP contribution is -2.09. The van der Waals surface area contributed by atoms with Gasteiger partial charge in [0.25, 0.3) is 0 Å². The van der Waals surface area contributed by atoms with E-state index in [0.29, 0.717) is 12.1 Å². The van der Waals surface area contributed by atoms with Crippen LogP contribution < -0.4 is 0 Å². The highest BCUT2D eigenvalue weighted by Crippen LogP contribution is 2.25. The predicted octanol–water partition coefficient (Wildman–Crippen LogP) is 2.76. The van der Waals surface area contributed by atoms with E-state index in [1.807, 2.05) is 6.07 Å². The van der Waals surface area contributed by atoms with Crippen molar-refractivity contribution in [2.45, 2.75) is 19.3 Å². The van der Waals surface area contributed by atoms with Gasteiger partial charge in [0.05, 0.1) is 6.57 Å². The topological polar surface area (TPSA) is 21.4 Å². The lowest BCUT2D eigenvalue weighted by molar-refractivity contribution is 0.0972. The zero-order valence-corrected chi connectivity index (χ0v) is 7.21. The van der Waals surface area contributed by atoms with Crippen LogP contribution in [0.1, 0.15) is 28.8 Å². The van der Waals surface area contributed by atoms with Gasteiger partial charge in [0.15, 0.2) is 11.5 Å². The Hall–Kier alpha value is -1.62. The summed E-state index contributed by atoms with van der Waals surface area (Å²) in [7, 11) is 0. The molecule has 0 unspecified atom stereocenters. The fourth-order valence-electron chi connectivity index (χ4n) is 1.70. The van der Waals surface area contributed by atoms with Crippen LogP contribution in [0.4, 0.5) is 5.69 Å². The first kappa shape index (κ1) is 8.00. The van der Waals surface area contributed by atoms with E-state index in [4.69, 9.17) is 6.57 Å². The molecule has 1 aromatic rings. The number of aryl methyl sites for hydroxylation is 1. The fraction of sp³-hybridized carbons (Fsp3) is 0.273. The molecular formula is C11H9NO. The second-order valence-corrected chi connectivity index (χ2v) is 3.23. The van der Waals surface area contributed by atoms with Crippen molar-refractivity contribution in [3.05, 3.63) is 40.7 Å². The molecule has 0 saturated carbocycles. The molecule has 2 nitrogen and oxygen atoms in total. The van der Waals surface area contributed by atoms with E-state index < -0.39 is 0 Å². The van der Waals surface area contributed by atoms with Gasteiger partial charge in [0.1, 0.15) is 0 Å². The highest BCUT2D eigenvalue weighted by Gasteiger charge is 2.16. The van der Waals surface area contributed by atoms with Crippen LogP contribution in [0.15, 0.2) is 18.2 Å². The molecule has 2 heteroatoms. The highest BCUT2D eigenvalue weighted by molar-refractivity contribution is 5.98. The number of nitrogens with zero attached hydrogens (tertiary/aromatic N) is 1. The lowest BCUT2D eigenvalue weighted by atomic mass is 9.90. The summed E-state index contributed by atoms with van der Waals surface area (Å²) in [4.78, 5) is 14.8. The molecule has 0 bridgehead atoms. The third kappa shape index (κ3) is 1.33. The number of benzene rings is 1. The summed E-state index contributed by atoms with van der Waals surface area (Å²) >= 11 is 0. The Morgan fingerprint density at radius 2 is 2.15 bits per heavy atom. The van der Waals surface area contributed by atoms with Crippen molar-refractivity contribution >= 4 is 11.5 Å². The van der Waals surface area contributed by atoms with E-state index in [9.17, 15) is 4.79 Å². The molecule has 1 aliphatic rings. The van der Waals surface area contributed by atoms with Crippen molar-refractivity contribution < 1.29 is 4.79 Å². The molecule has 0 fully saturated rings. The number of carbonyl (C=O) groups is 1. The molecule has 2 rings (SSSR count). The van der Waals surface area contributed by atoms with Gasteiger partial charge >= 0.3 is 0 Å². The van der Waals surface area contributed by atoms with Crippen LogP contribution >= 0.6 is 0 Å². The van der Waals surface area contributed by atoms with Gasteiger partial charge in [-0.2, -0.15) is 0 Å². The van der Waals surface area contributed by atoms with Gasteiger partial charge in [0, 0.05) is 12.0 Å². The Morgan fingerprint density at radius 3 is 2.92 bits per heavy atom. The van der Waals surface area contributed by atoms with E-state index in [0.717, 1.165) is 24.0 Å². The number of carbonyl (C=O) groups excluding carboxylic acids is 1. The van der Waals surface area contributed by atoms with Crippen molar-refractivity contribution in [2.75, 3.05) is 0 Å². The lowest BCUT2D eigenvalue weighted by Gasteiger charge is -2.14. The van der Waals surface area contributed by atoms with E-state index >= 15 is 0 Å². The third-order valence-corrected chi connectivity index (χ3v) is 2.37. The quantitative estimate of drug-likeness (QED) is 0.550. The molecule has 64 valence electrons. The molecule has 0 radical (unpaired) electrons. The standard InChI is InChI=1S/C11H9NO/c1-12-9-5-6-10-8(7-9)3-2-4-11(10)13/h5-7H,2-4H2. The molecule has 0 aromatic heterocycles. The maximum atomic E-state index is 11.4. The van der Waals surface area contributed by atoms with Crippen LogP contribution in [0.5, 0.6) is 0 Å². The van der Waals surface area contributed by atoms with Gasteiger partial charge in [-0.25, -0.2) is 4.85 Å². The van der Waals surface area contributed by atoms with Crippen molar-refractivity contribution in [2.24, 2.45) is 0 Å². The van der Waals surface area contributed by atoms with Crippen LogP contribution in [-0.4, -0.2) is 5.78 Å². The zero-order chi connectivity index (χ0) is 9.26. The minimum atomic E-state index is 0.220. The Labute approximate surface area is 77.0 Å². The minimum Gasteiger partial charge on any atom is -0.294 e. The first-order chi connectivity index (χ1) is 6.31. The molecule has 0 saturated heterocycles. The second-order valence-electron chi connectivity index (χ2n) is 3.23. The van der Waals surface area contributed by atoms with Crippen LogP contribution in [0.2, 0.25) is 0 Å². The Morgan fingerprint density at radius 1 is 1.31 bits per heavy atom. The van der Waals surface area contributed by atoms with Crippen LogP contribution in [0, 0.1) is 6.57 Å². The number of rotatable bonds is 0. The van der Waals surface area contributed by atoms with E-state index in [-0.39, 0.29) is 5.78 Å². The van der Waals surface area contributed by atoms with Crippen LogP contribution in [0.25, 0.3) is 4.85 Å². The molecule has 0 N–H and O–H groups in total. The molecule has 0 aliphatic heterocycles. The van der Waals surface area contributed by atoms with Crippen molar-refractivity contribution in [3.63, 3.8) is 0 Å². The first-order valence-corrected chi connectivity index (χ1v) is 4.35. The summed E-state index contributed by atoms with van der Waals surface area (Å²) in [6.45, 7) is 6.85. The van der Waals surface area contributed by atoms with E-state index in [1.54, 1.807) is 12.1 Å². The second kappa shape index (κ2) is 3.02. The maximum absolute atomic E-state index is 11.4. The van der Waals surface area contributed by atoms with Crippen molar-refractivity contribution in [1.82, 2.24) is 0 Å².